The van der Waals surface area contributed by atoms with Crippen LogP contribution in [0.3, 0.4) is 0 Å². The van der Waals surface area contributed by atoms with E-state index in [4.69, 9.17) is 4.74 Å². The third-order valence-corrected chi connectivity index (χ3v) is 0.408. The zero-order chi connectivity index (χ0) is 8.62. The summed E-state index contributed by atoms with van der Waals surface area (Å²) in [4.78, 5) is 0. The molecule has 0 bridgehead atoms. The number of hydrogen-bond acceptors (Lipinski definition) is 2. The molecule has 2 nitrogen and oxygen atoms in total. The summed E-state index contributed by atoms with van der Waals surface area (Å²) in [5, 5.41) is 10.1. The van der Waals surface area contributed by atoms with E-state index in [2.05, 4.69) is 0 Å². The van der Waals surface area contributed by atoms with E-state index in [0.29, 0.717) is 0 Å². The van der Waals surface area contributed by atoms with Gasteiger partial charge in [0.15, 0.2) is 0 Å². The Labute approximate surface area is 103 Å². The van der Waals surface area contributed by atoms with E-state index < -0.39 is 5.60 Å². The van der Waals surface area contributed by atoms with E-state index >= 15 is 0 Å². The second kappa shape index (κ2) is 14.7. The molecule has 0 rings (SSSR count). The van der Waals surface area contributed by atoms with Crippen molar-refractivity contribution in [3.05, 3.63) is 0 Å². The first-order valence-electron chi connectivity index (χ1n) is 3.70. The van der Waals surface area contributed by atoms with Gasteiger partial charge in [-0.1, -0.05) is 20.8 Å². The van der Waals surface area contributed by atoms with Crippen molar-refractivity contribution in [1.82, 2.24) is 0 Å². The van der Waals surface area contributed by atoms with E-state index in [1.165, 1.54) is 0 Å². The van der Waals surface area contributed by atoms with Crippen LogP contribution >= 0.6 is 0 Å². The van der Waals surface area contributed by atoms with Crippen molar-refractivity contribution in [2.75, 3.05) is 13.2 Å². The van der Waals surface area contributed by atoms with Crippen LogP contribution in [0.2, 0.25) is 0 Å². The second-order valence-corrected chi connectivity index (χ2v) is 2.89. The predicted octanol–water partition coefficient (Wildman–Crippen LogP) is -2.19. The summed E-state index contributed by atoms with van der Waals surface area (Å²) in [6, 6.07) is 0. The van der Waals surface area contributed by atoms with E-state index in [1.54, 1.807) is 20.8 Å². The Morgan fingerprint density at radius 2 is 1.25 bits per heavy atom. The van der Waals surface area contributed by atoms with Gasteiger partial charge in [0.1, 0.15) is 0 Å². The van der Waals surface area contributed by atoms with Gasteiger partial charge in [0.2, 0.25) is 0 Å². The smallest absolute Gasteiger partial charge is 1.00 e. The largest absolute Gasteiger partial charge is 2.00 e. The van der Waals surface area contributed by atoms with E-state index in [9.17, 15) is 5.11 Å². The van der Waals surface area contributed by atoms with Crippen molar-refractivity contribution in [2.45, 2.75) is 40.2 Å². The number of hydrogen-bond donors (Lipinski definition) is 0. The Kier molecular flexibility index (Phi) is 28.4. The van der Waals surface area contributed by atoms with Gasteiger partial charge in [0, 0.05) is 13.2 Å². The van der Waals surface area contributed by atoms with Crippen LogP contribution < -0.4 is 22.1 Å². The van der Waals surface area contributed by atoms with Gasteiger partial charge in [-0.2, -0.15) is 0 Å². The topological polar surface area (TPSA) is 32.3 Å². The van der Waals surface area contributed by atoms with Crippen molar-refractivity contribution < 1.29 is 26.8 Å². The molecule has 0 aliphatic heterocycles. The zero-order valence-electron chi connectivity index (χ0n) is 8.82. The normalized spacial score (nSPS) is 8.50. The summed E-state index contributed by atoms with van der Waals surface area (Å²) in [7, 11) is 0. The molecule has 0 aromatic heterocycles. The zero-order valence-corrected chi connectivity index (χ0v) is 11.8. The maximum absolute atomic E-state index is 10.1. The van der Waals surface area contributed by atoms with Crippen molar-refractivity contribution >= 4 is 23.1 Å². The summed E-state index contributed by atoms with van der Waals surface area (Å²) in [5.41, 5.74) is -0.750. The molecule has 0 radical (unpaired) electrons. The average Bonchev–Trinajstić information content (AvgIpc) is 1.63. The maximum atomic E-state index is 10.1. The molecule has 0 aromatic rings. The molecule has 0 saturated heterocycles. The van der Waals surface area contributed by atoms with Gasteiger partial charge >= 0.3 is 23.1 Å². The molecule has 0 heterocycles. The minimum atomic E-state index is -0.750. The van der Waals surface area contributed by atoms with Crippen LogP contribution in [0.1, 0.15) is 34.6 Å². The predicted molar refractivity (Wildman–Crippen MR) is 47.7 cm³/mol. The van der Waals surface area contributed by atoms with Gasteiger partial charge in [-0.05, 0) is 13.8 Å². The Hall–Kier alpha value is 1.17. The Balaban J connectivity index is -0.0000000457. The number of halogens is 1. The van der Waals surface area contributed by atoms with E-state index in [0.717, 1.165) is 13.2 Å². The minimum Gasteiger partial charge on any atom is -1.00 e. The van der Waals surface area contributed by atoms with Crippen molar-refractivity contribution in [2.24, 2.45) is 0 Å². The fourth-order valence-electron chi connectivity index (χ4n) is 0.204. The van der Waals surface area contributed by atoms with Gasteiger partial charge in [0.05, 0.1) is 0 Å². The van der Waals surface area contributed by atoms with Gasteiger partial charge in [-0.15, -0.1) is 5.60 Å². The number of ether oxygens (including phenoxy) is 1. The quantitative estimate of drug-likeness (QED) is 0.522. The summed E-state index contributed by atoms with van der Waals surface area (Å²) in [6.45, 7) is 10.6. The molecule has 0 aromatic carbocycles. The Bertz CT molecular complexity index is 56.6. The molecule has 0 amide bonds. The standard InChI is InChI=1S/C4H9O.C4H10O.BrH.Mg/c1-4(2,3)5;1-3-5-4-2;;/h1-3H3;3-4H2,1-2H3;1H;/q-1;;;+2/p-1. The van der Waals surface area contributed by atoms with Crippen LogP contribution in [0, 0.1) is 0 Å². The average molecular weight is 251 g/mol. The monoisotopic (exact) mass is 250 g/mol. The van der Waals surface area contributed by atoms with Crippen LogP contribution in [-0.2, 0) is 4.74 Å². The maximum Gasteiger partial charge on any atom is 2.00 e. The fourth-order valence-corrected chi connectivity index (χ4v) is 0.204. The summed E-state index contributed by atoms with van der Waals surface area (Å²) < 4.78 is 4.83. The third-order valence-electron chi connectivity index (χ3n) is 0.408. The van der Waals surface area contributed by atoms with Crippen molar-refractivity contribution in [3.8, 4) is 0 Å². The van der Waals surface area contributed by atoms with Gasteiger partial charge < -0.3 is 26.8 Å². The number of rotatable bonds is 2. The molecule has 0 aliphatic carbocycles. The Morgan fingerprint density at radius 1 is 1.08 bits per heavy atom. The molecule has 0 aliphatic rings. The molecular formula is C8H19BrMgO2. The molecule has 0 spiro atoms. The van der Waals surface area contributed by atoms with Crippen molar-refractivity contribution in [3.63, 3.8) is 0 Å². The summed E-state index contributed by atoms with van der Waals surface area (Å²) in [6.07, 6.45) is 0. The molecule has 0 unspecified atom stereocenters. The fraction of sp³-hybridized carbons (Fsp3) is 1.00. The third kappa shape index (κ3) is 115. The van der Waals surface area contributed by atoms with Crippen LogP contribution in [0.4, 0.5) is 0 Å². The SMILES string of the molecule is CC(C)(C)[O-].CCOCC.[Br-].[Mg+2]. The first kappa shape index (κ1) is 23.2. The first-order chi connectivity index (χ1) is 4.41. The molecule has 12 heavy (non-hydrogen) atoms. The first-order valence-corrected chi connectivity index (χ1v) is 3.70. The van der Waals surface area contributed by atoms with Gasteiger partial charge in [-0.25, -0.2) is 0 Å². The van der Waals surface area contributed by atoms with Crippen LogP contribution in [0.5, 0.6) is 0 Å². The van der Waals surface area contributed by atoms with Gasteiger partial charge in [-0.3, -0.25) is 0 Å². The molecular weight excluding hydrogens is 232 g/mol. The Morgan fingerprint density at radius 3 is 1.25 bits per heavy atom. The van der Waals surface area contributed by atoms with Crippen LogP contribution in [-0.4, -0.2) is 41.9 Å². The van der Waals surface area contributed by atoms with Crippen molar-refractivity contribution in [1.29, 1.82) is 0 Å². The van der Waals surface area contributed by atoms with E-state index in [1.807, 2.05) is 13.8 Å². The second-order valence-electron chi connectivity index (χ2n) is 2.89. The summed E-state index contributed by atoms with van der Waals surface area (Å²) >= 11 is 0. The van der Waals surface area contributed by atoms with E-state index in [-0.39, 0.29) is 40.0 Å². The summed E-state index contributed by atoms with van der Waals surface area (Å²) in [5.74, 6) is 0. The van der Waals surface area contributed by atoms with Gasteiger partial charge in [0.25, 0.3) is 0 Å². The molecule has 0 N–H and O–H groups in total. The van der Waals surface area contributed by atoms with Crippen LogP contribution in [0.25, 0.3) is 0 Å². The molecule has 4 heteroatoms. The molecule has 0 saturated carbocycles. The minimum absolute atomic E-state index is 0. The molecule has 0 fully saturated rings. The molecule has 72 valence electrons. The van der Waals surface area contributed by atoms with Crippen LogP contribution in [0.15, 0.2) is 0 Å². The molecule has 0 atom stereocenters.